The van der Waals surface area contributed by atoms with Crippen molar-refractivity contribution in [2.45, 2.75) is 19.6 Å². The standard InChI is InChI=1S/C13H17NO2/c1-16-9-3-7-14-8-6-11-4-2-5-12(10-15)13(11)14/h2,4-6,8,15H,3,7,9-10H2,1H3. The van der Waals surface area contributed by atoms with Gasteiger partial charge < -0.3 is 14.4 Å². The van der Waals surface area contributed by atoms with E-state index in [9.17, 15) is 5.11 Å². The van der Waals surface area contributed by atoms with Crippen LogP contribution in [0, 0.1) is 0 Å². The van der Waals surface area contributed by atoms with Gasteiger partial charge >= 0.3 is 0 Å². The van der Waals surface area contributed by atoms with Crippen LogP contribution in [-0.4, -0.2) is 23.4 Å². The zero-order chi connectivity index (χ0) is 11.4. The van der Waals surface area contributed by atoms with Gasteiger partial charge in [0.25, 0.3) is 0 Å². The Morgan fingerprint density at radius 3 is 2.94 bits per heavy atom. The second kappa shape index (κ2) is 5.14. The third kappa shape index (κ3) is 2.10. The molecule has 0 fully saturated rings. The van der Waals surface area contributed by atoms with Crippen molar-refractivity contribution < 1.29 is 9.84 Å². The number of aromatic nitrogens is 1. The van der Waals surface area contributed by atoms with E-state index >= 15 is 0 Å². The van der Waals surface area contributed by atoms with Crippen molar-refractivity contribution in [1.82, 2.24) is 4.57 Å². The number of aliphatic hydroxyl groups excluding tert-OH is 1. The van der Waals surface area contributed by atoms with Crippen LogP contribution in [0.15, 0.2) is 30.5 Å². The predicted molar refractivity (Wildman–Crippen MR) is 64.4 cm³/mol. The van der Waals surface area contributed by atoms with E-state index in [1.807, 2.05) is 12.1 Å². The number of fused-ring (bicyclic) bond motifs is 1. The Kier molecular flexibility index (Phi) is 3.59. The first kappa shape index (κ1) is 11.2. The Labute approximate surface area is 95.3 Å². The average Bonchev–Trinajstić information content (AvgIpc) is 2.73. The molecule has 0 amide bonds. The second-order valence-corrected chi connectivity index (χ2v) is 3.87. The fourth-order valence-corrected chi connectivity index (χ4v) is 2.03. The summed E-state index contributed by atoms with van der Waals surface area (Å²) in [4.78, 5) is 0. The summed E-state index contributed by atoms with van der Waals surface area (Å²) >= 11 is 0. The molecule has 3 nitrogen and oxygen atoms in total. The number of methoxy groups -OCH3 is 1. The van der Waals surface area contributed by atoms with E-state index in [-0.39, 0.29) is 6.61 Å². The van der Waals surface area contributed by atoms with Gasteiger partial charge in [-0.1, -0.05) is 18.2 Å². The molecule has 1 aromatic heterocycles. The first-order chi connectivity index (χ1) is 7.86. The number of aliphatic hydroxyl groups is 1. The molecule has 2 rings (SSSR count). The maximum absolute atomic E-state index is 9.31. The van der Waals surface area contributed by atoms with Crippen LogP contribution < -0.4 is 0 Å². The largest absolute Gasteiger partial charge is 0.392 e. The van der Waals surface area contributed by atoms with Gasteiger partial charge in [-0.25, -0.2) is 0 Å². The van der Waals surface area contributed by atoms with Gasteiger partial charge in [-0.15, -0.1) is 0 Å². The van der Waals surface area contributed by atoms with Crippen molar-refractivity contribution in [3.63, 3.8) is 0 Å². The molecule has 0 spiro atoms. The summed E-state index contributed by atoms with van der Waals surface area (Å²) in [5, 5.41) is 10.5. The summed E-state index contributed by atoms with van der Waals surface area (Å²) in [6, 6.07) is 8.10. The van der Waals surface area contributed by atoms with Crippen LogP contribution in [0.3, 0.4) is 0 Å². The first-order valence-electron chi connectivity index (χ1n) is 5.53. The highest BCUT2D eigenvalue weighted by Crippen LogP contribution is 2.20. The minimum Gasteiger partial charge on any atom is -0.392 e. The highest BCUT2D eigenvalue weighted by atomic mass is 16.5. The van der Waals surface area contributed by atoms with Crippen molar-refractivity contribution in [3.8, 4) is 0 Å². The van der Waals surface area contributed by atoms with Gasteiger partial charge in [0.2, 0.25) is 0 Å². The molecule has 16 heavy (non-hydrogen) atoms. The molecule has 0 bridgehead atoms. The minimum absolute atomic E-state index is 0.0889. The van der Waals surface area contributed by atoms with E-state index in [1.54, 1.807) is 7.11 Å². The highest BCUT2D eigenvalue weighted by Gasteiger charge is 2.05. The number of aryl methyl sites for hydroxylation is 1. The summed E-state index contributed by atoms with van der Waals surface area (Å²) in [7, 11) is 1.72. The summed E-state index contributed by atoms with van der Waals surface area (Å²) in [6.07, 6.45) is 3.06. The van der Waals surface area contributed by atoms with Gasteiger partial charge in [0.15, 0.2) is 0 Å². The molecule has 0 aliphatic rings. The molecule has 0 saturated heterocycles. The zero-order valence-electron chi connectivity index (χ0n) is 9.52. The maximum atomic E-state index is 9.31. The van der Waals surface area contributed by atoms with E-state index < -0.39 is 0 Å². The minimum atomic E-state index is 0.0889. The van der Waals surface area contributed by atoms with Gasteiger partial charge in [-0.2, -0.15) is 0 Å². The van der Waals surface area contributed by atoms with Crippen LogP contribution in [0.4, 0.5) is 0 Å². The van der Waals surface area contributed by atoms with Crippen molar-refractivity contribution in [1.29, 1.82) is 0 Å². The fourth-order valence-electron chi connectivity index (χ4n) is 2.03. The molecule has 86 valence electrons. The molecule has 1 aromatic carbocycles. The Balaban J connectivity index is 2.30. The van der Waals surface area contributed by atoms with E-state index in [0.29, 0.717) is 0 Å². The Hall–Kier alpha value is -1.32. The summed E-state index contributed by atoms with van der Waals surface area (Å²) in [5.41, 5.74) is 2.13. The van der Waals surface area contributed by atoms with Gasteiger partial charge in [0.05, 0.1) is 12.1 Å². The van der Waals surface area contributed by atoms with Crippen molar-refractivity contribution >= 4 is 10.9 Å². The lowest BCUT2D eigenvalue weighted by atomic mass is 10.1. The number of para-hydroxylation sites is 1. The lowest BCUT2D eigenvalue weighted by molar-refractivity contribution is 0.190. The van der Waals surface area contributed by atoms with E-state index in [4.69, 9.17) is 4.74 Å². The highest BCUT2D eigenvalue weighted by molar-refractivity contribution is 5.83. The van der Waals surface area contributed by atoms with Gasteiger partial charge in [0.1, 0.15) is 0 Å². The molecule has 0 radical (unpaired) electrons. The topological polar surface area (TPSA) is 34.4 Å². The monoisotopic (exact) mass is 219 g/mol. The number of ether oxygens (including phenoxy) is 1. The van der Waals surface area contributed by atoms with Crippen LogP contribution in [0.25, 0.3) is 10.9 Å². The van der Waals surface area contributed by atoms with E-state index in [0.717, 1.165) is 30.7 Å². The molecule has 1 N–H and O–H groups in total. The molecular weight excluding hydrogens is 202 g/mol. The van der Waals surface area contributed by atoms with Crippen molar-refractivity contribution in [2.75, 3.05) is 13.7 Å². The quantitative estimate of drug-likeness (QED) is 0.782. The predicted octanol–water partition coefficient (Wildman–Crippen LogP) is 2.17. The zero-order valence-corrected chi connectivity index (χ0v) is 9.52. The molecule has 1 heterocycles. The molecule has 0 atom stereocenters. The number of benzene rings is 1. The molecule has 0 aliphatic carbocycles. The number of hydrogen-bond donors (Lipinski definition) is 1. The SMILES string of the molecule is COCCCn1ccc2cccc(CO)c21. The third-order valence-electron chi connectivity index (χ3n) is 2.79. The Morgan fingerprint density at radius 2 is 2.19 bits per heavy atom. The fraction of sp³-hybridized carbons (Fsp3) is 0.385. The summed E-state index contributed by atoms with van der Waals surface area (Å²) in [5.74, 6) is 0. The number of rotatable bonds is 5. The molecule has 0 aliphatic heterocycles. The van der Waals surface area contributed by atoms with Crippen LogP contribution in [0.5, 0.6) is 0 Å². The van der Waals surface area contributed by atoms with E-state index in [1.165, 1.54) is 5.39 Å². The van der Waals surface area contributed by atoms with Crippen LogP contribution >= 0.6 is 0 Å². The molecule has 0 unspecified atom stereocenters. The van der Waals surface area contributed by atoms with Gasteiger partial charge in [0, 0.05) is 32.0 Å². The Bertz CT molecular complexity index is 462. The van der Waals surface area contributed by atoms with Crippen molar-refractivity contribution in [3.05, 3.63) is 36.0 Å². The molecule has 3 heteroatoms. The maximum Gasteiger partial charge on any atom is 0.0702 e. The smallest absolute Gasteiger partial charge is 0.0702 e. The van der Waals surface area contributed by atoms with Crippen LogP contribution in [-0.2, 0) is 17.9 Å². The lowest BCUT2D eigenvalue weighted by Crippen LogP contribution is -2.01. The van der Waals surface area contributed by atoms with Gasteiger partial charge in [-0.05, 0) is 17.9 Å². The second-order valence-electron chi connectivity index (χ2n) is 3.87. The Morgan fingerprint density at radius 1 is 1.31 bits per heavy atom. The number of hydrogen-bond acceptors (Lipinski definition) is 2. The molecule has 0 saturated carbocycles. The van der Waals surface area contributed by atoms with E-state index in [2.05, 4.69) is 22.9 Å². The normalized spacial score (nSPS) is 11.1. The third-order valence-corrected chi connectivity index (χ3v) is 2.79. The first-order valence-corrected chi connectivity index (χ1v) is 5.53. The van der Waals surface area contributed by atoms with Gasteiger partial charge in [-0.3, -0.25) is 0 Å². The summed E-state index contributed by atoms with van der Waals surface area (Å²) in [6.45, 7) is 1.78. The average molecular weight is 219 g/mol. The number of nitrogens with zero attached hydrogens (tertiary/aromatic N) is 1. The van der Waals surface area contributed by atoms with Crippen LogP contribution in [0.2, 0.25) is 0 Å². The molecule has 2 aromatic rings. The molecular formula is C13H17NO2. The lowest BCUT2D eigenvalue weighted by Gasteiger charge is -2.08. The summed E-state index contributed by atoms with van der Waals surface area (Å²) < 4.78 is 7.23. The van der Waals surface area contributed by atoms with Crippen molar-refractivity contribution in [2.24, 2.45) is 0 Å². The van der Waals surface area contributed by atoms with Crippen LogP contribution in [0.1, 0.15) is 12.0 Å².